The molecule has 2 heterocycles. The van der Waals surface area contributed by atoms with E-state index in [1.54, 1.807) is 42.7 Å². The number of nitrogens with zero attached hydrogens (tertiary/aromatic N) is 1. The van der Waals surface area contributed by atoms with Gasteiger partial charge in [-0.3, -0.25) is 14.5 Å². The number of carbonyl (C=O) groups excluding carboxylic acids is 1. The lowest BCUT2D eigenvalue weighted by atomic mass is 10.2. The number of nitrogens with one attached hydrogen (secondary N) is 2. The first kappa shape index (κ1) is 17.2. The molecule has 0 radical (unpaired) electrons. The van der Waals surface area contributed by atoms with Crippen molar-refractivity contribution >= 4 is 21.8 Å². The smallest absolute Gasteiger partial charge is 0.263 e. The highest BCUT2D eigenvalue weighted by molar-refractivity contribution is 7.90. The zero-order valence-corrected chi connectivity index (χ0v) is 14.5. The van der Waals surface area contributed by atoms with E-state index in [9.17, 15) is 13.2 Å². The predicted octanol–water partition coefficient (Wildman–Crippen LogP) is 1.98. The van der Waals surface area contributed by atoms with E-state index in [-0.39, 0.29) is 16.8 Å². The monoisotopic (exact) mass is 361 g/mol. The van der Waals surface area contributed by atoms with Gasteiger partial charge in [0.15, 0.2) is 0 Å². The number of benzene rings is 1. The van der Waals surface area contributed by atoms with Crippen molar-refractivity contribution in [1.29, 1.82) is 0 Å². The Labute approximate surface area is 146 Å². The Balaban J connectivity index is 1.52. The standard InChI is InChI=1S/C17H19N3O4S/c1-12(14-7-5-11-24-14)19-16(21)9-4-10-18-17-13-6-2-3-8-15(13)25(22,23)20-17/h2-3,5-8,11-12H,4,9-10H2,1H3,(H,18,20)(H,19,21)/t12-/m0/s1. The third-order valence-corrected chi connectivity index (χ3v) is 5.24. The molecule has 0 bridgehead atoms. The highest BCUT2D eigenvalue weighted by atomic mass is 32.2. The third kappa shape index (κ3) is 3.90. The summed E-state index contributed by atoms with van der Waals surface area (Å²) in [4.78, 5) is 16.5. The van der Waals surface area contributed by atoms with Crippen molar-refractivity contribution in [3.8, 4) is 0 Å². The summed E-state index contributed by atoms with van der Waals surface area (Å²) in [6.45, 7) is 2.20. The fourth-order valence-corrected chi connectivity index (χ4v) is 3.86. The van der Waals surface area contributed by atoms with Gasteiger partial charge >= 0.3 is 0 Å². The van der Waals surface area contributed by atoms with E-state index in [2.05, 4.69) is 15.0 Å². The summed E-state index contributed by atoms with van der Waals surface area (Å²) in [6, 6.07) is 10.1. The third-order valence-electron chi connectivity index (χ3n) is 3.84. The summed E-state index contributed by atoms with van der Waals surface area (Å²) in [5, 5.41) is 2.85. The Morgan fingerprint density at radius 3 is 2.84 bits per heavy atom. The van der Waals surface area contributed by atoms with Gasteiger partial charge in [-0.1, -0.05) is 12.1 Å². The zero-order valence-electron chi connectivity index (χ0n) is 13.7. The Morgan fingerprint density at radius 1 is 1.28 bits per heavy atom. The van der Waals surface area contributed by atoms with E-state index in [1.807, 2.05) is 6.92 Å². The lowest BCUT2D eigenvalue weighted by Crippen LogP contribution is -2.26. The van der Waals surface area contributed by atoms with Crippen molar-refractivity contribution in [3.63, 3.8) is 0 Å². The van der Waals surface area contributed by atoms with E-state index >= 15 is 0 Å². The molecular weight excluding hydrogens is 342 g/mol. The van der Waals surface area contributed by atoms with Gasteiger partial charge in [0.1, 0.15) is 11.6 Å². The van der Waals surface area contributed by atoms with E-state index in [1.165, 1.54) is 0 Å². The summed E-state index contributed by atoms with van der Waals surface area (Å²) < 4.78 is 31.6. The van der Waals surface area contributed by atoms with Crippen LogP contribution in [0.3, 0.4) is 0 Å². The van der Waals surface area contributed by atoms with Gasteiger partial charge < -0.3 is 9.73 Å². The molecule has 3 rings (SSSR count). The van der Waals surface area contributed by atoms with Crippen molar-refractivity contribution in [1.82, 2.24) is 10.0 Å². The van der Waals surface area contributed by atoms with Gasteiger partial charge in [0.2, 0.25) is 5.91 Å². The SMILES string of the molecule is C[C@H](NC(=O)CCCN=C1NS(=O)(=O)c2ccccc21)c1ccco1. The molecular formula is C17H19N3O4S. The number of sulfonamides is 1. The summed E-state index contributed by atoms with van der Waals surface area (Å²) >= 11 is 0. The molecule has 2 N–H and O–H groups in total. The van der Waals surface area contributed by atoms with E-state index in [4.69, 9.17) is 4.42 Å². The fraction of sp³-hybridized carbons (Fsp3) is 0.294. The van der Waals surface area contributed by atoms with Crippen molar-refractivity contribution in [2.75, 3.05) is 6.54 Å². The van der Waals surface area contributed by atoms with Crippen LogP contribution in [0.5, 0.6) is 0 Å². The second-order valence-corrected chi connectivity index (χ2v) is 7.39. The van der Waals surface area contributed by atoms with Gasteiger partial charge in [0.25, 0.3) is 10.0 Å². The molecule has 25 heavy (non-hydrogen) atoms. The second-order valence-electron chi connectivity index (χ2n) is 5.74. The molecule has 1 atom stereocenters. The lowest BCUT2D eigenvalue weighted by molar-refractivity contribution is -0.121. The quantitative estimate of drug-likeness (QED) is 0.768. The minimum absolute atomic E-state index is 0.100. The maximum atomic E-state index is 12.0. The molecule has 0 saturated carbocycles. The minimum atomic E-state index is -3.52. The summed E-state index contributed by atoms with van der Waals surface area (Å²) in [5.74, 6) is 0.932. The van der Waals surface area contributed by atoms with Crippen LogP contribution in [-0.4, -0.2) is 26.7 Å². The first-order valence-electron chi connectivity index (χ1n) is 7.97. The molecule has 0 unspecified atom stereocenters. The average Bonchev–Trinajstić information content (AvgIpc) is 3.19. The van der Waals surface area contributed by atoms with E-state index < -0.39 is 10.0 Å². The Morgan fingerprint density at radius 2 is 2.08 bits per heavy atom. The van der Waals surface area contributed by atoms with E-state index in [0.29, 0.717) is 36.5 Å². The van der Waals surface area contributed by atoms with Gasteiger partial charge in [-0.2, -0.15) is 0 Å². The highest BCUT2D eigenvalue weighted by Gasteiger charge is 2.29. The molecule has 0 saturated heterocycles. The molecule has 0 fully saturated rings. The molecule has 2 aromatic rings. The van der Waals surface area contributed by atoms with Gasteiger partial charge in [-0.25, -0.2) is 8.42 Å². The Bertz CT molecular complexity index is 888. The number of hydrogen-bond donors (Lipinski definition) is 2. The molecule has 1 amide bonds. The predicted molar refractivity (Wildman–Crippen MR) is 92.7 cm³/mol. The van der Waals surface area contributed by atoms with Crippen LogP contribution in [0.4, 0.5) is 0 Å². The van der Waals surface area contributed by atoms with Gasteiger partial charge in [0.05, 0.1) is 17.2 Å². The van der Waals surface area contributed by atoms with Crippen molar-refractivity contribution in [2.24, 2.45) is 4.99 Å². The molecule has 0 spiro atoms. The summed E-state index contributed by atoms with van der Waals surface area (Å²) in [6.07, 6.45) is 2.38. The summed E-state index contributed by atoms with van der Waals surface area (Å²) in [7, 11) is -3.52. The highest BCUT2D eigenvalue weighted by Crippen LogP contribution is 2.22. The van der Waals surface area contributed by atoms with Crippen molar-refractivity contribution < 1.29 is 17.6 Å². The Hall–Kier alpha value is -2.61. The topological polar surface area (TPSA) is 101 Å². The van der Waals surface area contributed by atoms with Crippen LogP contribution < -0.4 is 10.0 Å². The largest absolute Gasteiger partial charge is 0.467 e. The van der Waals surface area contributed by atoms with Gasteiger partial charge in [-0.05, 0) is 37.6 Å². The number of amides is 1. The fourth-order valence-electron chi connectivity index (χ4n) is 2.60. The Kier molecular flexibility index (Phi) is 4.89. The first-order chi connectivity index (χ1) is 12.0. The average molecular weight is 361 g/mol. The van der Waals surface area contributed by atoms with Crippen LogP contribution in [0, 0.1) is 0 Å². The number of aliphatic imine (C=N–C) groups is 1. The van der Waals surface area contributed by atoms with Crippen molar-refractivity contribution in [3.05, 3.63) is 54.0 Å². The second kappa shape index (κ2) is 7.10. The van der Waals surface area contributed by atoms with Gasteiger partial charge in [-0.15, -0.1) is 0 Å². The molecule has 1 aromatic heterocycles. The molecule has 132 valence electrons. The van der Waals surface area contributed by atoms with Crippen LogP contribution in [0.15, 0.2) is 57.0 Å². The number of fused-ring (bicyclic) bond motifs is 1. The van der Waals surface area contributed by atoms with Crippen LogP contribution in [-0.2, 0) is 14.8 Å². The number of hydrogen-bond acceptors (Lipinski definition) is 5. The number of furan rings is 1. The van der Waals surface area contributed by atoms with Crippen LogP contribution in [0.2, 0.25) is 0 Å². The maximum absolute atomic E-state index is 12.0. The molecule has 0 aliphatic carbocycles. The molecule has 1 aliphatic rings. The van der Waals surface area contributed by atoms with Crippen LogP contribution >= 0.6 is 0 Å². The number of amidine groups is 1. The van der Waals surface area contributed by atoms with Crippen LogP contribution in [0.25, 0.3) is 0 Å². The first-order valence-corrected chi connectivity index (χ1v) is 9.45. The molecule has 8 heteroatoms. The maximum Gasteiger partial charge on any atom is 0.263 e. The molecule has 1 aliphatic heterocycles. The molecule has 1 aromatic carbocycles. The normalized spacial score (nSPS) is 17.7. The number of carbonyl (C=O) groups is 1. The number of rotatable bonds is 6. The van der Waals surface area contributed by atoms with E-state index in [0.717, 1.165) is 0 Å². The van der Waals surface area contributed by atoms with Gasteiger partial charge in [0, 0.05) is 18.5 Å². The summed E-state index contributed by atoms with van der Waals surface area (Å²) in [5.41, 5.74) is 0.568. The minimum Gasteiger partial charge on any atom is -0.467 e. The molecule has 7 nitrogen and oxygen atoms in total. The lowest BCUT2D eigenvalue weighted by Gasteiger charge is -2.10. The zero-order chi connectivity index (χ0) is 17.9. The van der Waals surface area contributed by atoms with Crippen molar-refractivity contribution in [2.45, 2.75) is 30.7 Å². The van der Waals surface area contributed by atoms with Crippen LogP contribution in [0.1, 0.15) is 37.1 Å².